The predicted molar refractivity (Wildman–Crippen MR) is 95.9 cm³/mol. The standard InChI is InChI=1S/C20H20N2O4/c23-18-11-19(26-13-17-12-24-9-10-25-17)22-20(21-18)16-7-5-15(6-8-16)4-3-14-1-2-14/h5-8,11,14,17H,1-2,9-10,12-13H2,(H,21,22,23). The average Bonchev–Trinajstić information content (AvgIpc) is 3.50. The van der Waals surface area contributed by atoms with Gasteiger partial charge in [0.1, 0.15) is 18.5 Å². The van der Waals surface area contributed by atoms with E-state index in [0.717, 1.165) is 11.1 Å². The maximum Gasteiger partial charge on any atom is 0.254 e. The second-order valence-corrected chi connectivity index (χ2v) is 6.43. The number of aromatic amines is 1. The van der Waals surface area contributed by atoms with Crippen molar-refractivity contribution in [2.24, 2.45) is 5.92 Å². The van der Waals surface area contributed by atoms with Crippen molar-refractivity contribution in [3.05, 3.63) is 46.2 Å². The van der Waals surface area contributed by atoms with Crippen LogP contribution in [-0.4, -0.2) is 42.5 Å². The van der Waals surface area contributed by atoms with Crippen LogP contribution in [0, 0.1) is 17.8 Å². The lowest BCUT2D eigenvalue weighted by Gasteiger charge is -2.22. The van der Waals surface area contributed by atoms with E-state index < -0.39 is 0 Å². The summed E-state index contributed by atoms with van der Waals surface area (Å²) < 4.78 is 16.5. The highest BCUT2D eigenvalue weighted by Gasteiger charge is 2.18. The summed E-state index contributed by atoms with van der Waals surface area (Å²) in [6, 6.07) is 9.01. The molecular formula is C20H20N2O4. The minimum atomic E-state index is -0.261. The summed E-state index contributed by atoms with van der Waals surface area (Å²) in [7, 11) is 0. The van der Waals surface area contributed by atoms with E-state index in [9.17, 15) is 4.79 Å². The number of rotatable bonds is 4. The molecule has 0 radical (unpaired) electrons. The number of H-pyrrole nitrogens is 1. The Bertz CT molecular complexity index is 869. The monoisotopic (exact) mass is 352 g/mol. The van der Waals surface area contributed by atoms with E-state index >= 15 is 0 Å². The van der Waals surface area contributed by atoms with Gasteiger partial charge in [-0.15, -0.1) is 0 Å². The van der Waals surface area contributed by atoms with Gasteiger partial charge in [0, 0.05) is 17.0 Å². The Balaban J connectivity index is 1.46. The van der Waals surface area contributed by atoms with Gasteiger partial charge in [-0.3, -0.25) is 4.79 Å². The molecule has 1 saturated carbocycles. The van der Waals surface area contributed by atoms with E-state index in [0.29, 0.717) is 38.2 Å². The minimum Gasteiger partial charge on any atom is -0.475 e. The number of hydrogen-bond donors (Lipinski definition) is 1. The van der Waals surface area contributed by atoms with E-state index in [1.54, 1.807) is 0 Å². The lowest BCUT2D eigenvalue weighted by molar-refractivity contribution is -0.102. The Labute approximate surface area is 151 Å². The van der Waals surface area contributed by atoms with Crippen LogP contribution in [0.5, 0.6) is 5.88 Å². The van der Waals surface area contributed by atoms with Crippen molar-refractivity contribution in [2.75, 3.05) is 26.4 Å². The van der Waals surface area contributed by atoms with Gasteiger partial charge in [0.25, 0.3) is 5.56 Å². The molecule has 2 fully saturated rings. The molecule has 2 aliphatic rings. The maximum atomic E-state index is 11.9. The van der Waals surface area contributed by atoms with Gasteiger partial charge in [-0.1, -0.05) is 24.0 Å². The molecule has 1 aliphatic heterocycles. The van der Waals surface area contributed by atoms with Crippen LogP contribution < -0.4 is 10.3 Å². The zero-order valence-corrected chi connectivity index (χ0v) is 14.4. The van der Waals surface area contributed by atoms with Crippen molar-refractivity contribution in [3.8, 4) is 29.1 Å². The number of nitrogens with one attached hydrogen (secondary N) is 1. The Morgan fingerprint density at radius 1 is 1.23 bits per heavy atom. The summed E-state index contributed by atoms with van der Waals surface area (Å²) in [4.78, 5) is 19.1. The van der Waals surface area contributed by atoms with Gasteiger partial charge < -0.3 is 19.2 Å². The highest BCUT2D eigenvalue weighted by molar-refractivity contribution is 5.57. The van der Waals surface area contributed by atoms with Crippen molar-refractivity contribution in [1.29, 1.82) is 0 Å². The summed E-state index contributed by atoms with van der Waals surface area (Å²) in [6.45, 7) is 1.94. The third-order valence-electron chi connectivity index (χ3n) is 4.18. The highest BCUT2D eigenvalue weighted by atomic mass is 16.6. The van der Waals surface area contributed by atoms with Gasteiger partial charge in [-0.2, -0.15) is 4.98 Å². The summed E-state index contributed by atoms with van der Waals surface area (Å²) in [5.74, 6) is 7.72. The highest BCUT2D eigenvalue weighted by Crippen LogP contribution is 2.27. The molecule has 2 heterocycles. The smallest absolute Gasteiger partial charge is 0.254 e. The zero-order valence-electron chi connectivity index (χ0n) is 14.4. The van der Waals surface area contributed by atoms with Crippen LogP contribution in [0.4, 0.5) is 0 Å². The first-order valence-corrected chi connectivity index (χ1v) is 8.82. The SMILES string of the molecule is O=c1cc(OCC2COCCO2)nc(-c2ccc(C#CC3CC3)cc2)[nH]1. The number of hydrogen-bond acceptors (Lipinski definition) is 5. The van der Waals surface area contributed by atoms with Gasteiger partial charge in [-0.05, 0) is 25.0 Å². The summed E-state index contributed by atoms with van der Waals surface area (Å²) in [5.41, 5.74) is 1.51. The first-order valence-electron chi connectivity index (χ1n) is 8.82. The van der Waals surface area contributed by atoms with Crippen LogP contribution >= 0.6 is 0 Å². The molecule has 2 aromatic rings. The Morgan fingerprint density at radius 3 is 2.81 bits per heavy atom. The molecule has 0 spiro atoms. The molecular weight excluding hydrogens is 332 g/mol. The van der Waals surface area contributed by atoms with E-state index in [1.165, 1.54) is 18.9 Å². The molecule has 1 saturated heterocycles. The Morgan fingerprint density at radius 2 is 2.08 bits per heavy atom. The van der Waals surface area contributed by atoms with Crippen LogP contribution in [0.25, 0.3) is 11.4 Å². The molecule has 26 heavy (non-hydrogen) atoms. The Hall–Kier alpha value is -2.62. The van der Waals surface area contributed by atoms with Crippen molar-refractivity contribution in [3.63, 3.8) is 0 Å². The third-order valence-corrected chi connectivity index (χ3v) is 4.18. The molecule has 6 heteroatoms. The van der Waals surface area contributed by atoms with E-state index in [1.807, 2.05) is 24.3 Å². The second-order valence-electron chi connectivity index (χ2n) is 6.43. The lowest BCUT2D eigenvalue weighted by Crippen LogP contribution is -2.33. The van der Waals surface area contributed by atoms with Crippen LogP contribution in [0.3, 0.4) is 0 Å². The molecule has 6 nitrogen and oxygen atoms in total. The normalized spacial score (nSPS) is 19.5. The molecule has 4 rings (SSSR count). The molecule has 134 valence electrons. The topological polar surface area (TPSA) is 73.4 Å². The maximum absolute atomic E-state index is 11.9. The van der Waals surface area contributed by atoms with E-state index in [4.69, 9.17) is 14.2 Å². The molecule has 1 N–H and O–H groups in total. The molecule has 1 aromatic carbocycles. The predicted octanol–water partition coefficient (Wildman–Crippen LogP) is 1.99. The van der Waals surface area contributed by atoms with Crippen LogP contribution in [0.15, 0.2) is 35.1 Å². The van der Waals surface area contributed by atoms with Crippen molar-refractivity contribution in [1.82, 2.24) is 9.97 Å². The van der Waals surface area contributed by atoms with Crippen LogP contribution in [0.2, 0.25) is 0 Å². The summed E-state index contributed by atoms with van der Waals surface area (Å²) in [6.07, 6.45) is 2.28. The number of aromatic nitrogens is 2. The lowest BCUT2D eigenvalue weighted by atomic mass is 10.1. The third kappa shape index (κ3) is 4.51. The fourth-order valence-electron chi connectivity index (χ4n) is 2.58. The molecule has 1 atom stereocenters. The molecule has 0 bridgehead atoms. The van der Waals surface area contributed by atoms with Gasteiger partial charge >= 0.3 is 0 Å². The molecule has 1 unspecified atom stereocenters. The largest absolute Gasteiger partial charge is 0.475 e. The molecule has 1 aromatic heterocycles. The Kier molecular flexibility index (Phi) is 5.00. The molecule has 0 amide bonds. The second kappa shape index (κ2) is 7.73. The fourth-order valence-corrected chi connectivity index (χ4v) is 2.58. The van der Waals surface area contributed by atoms with Gasteiger partial charge in [0.05, 0.1) is 25.9 Å². The zero-order chi connectivity index (χ0) is 17.8. The quantitative estimate of drug-likeness (QED) is 0.852. The summed E-state index contributed by atoms with van der Waals surface area (Å²) >= 11 is 0. The van der Waals surface area contributed by atoms with Gasteiger partial charge in [-0.25, -0.2) is 0 Å². The van der Waals surface area contributed by atoms with Gasteiger partial charge in [0.2, 0.25) is 5.88 Å². The first-order chi connectivity index (χ1) is 12.8. The number of nitrogens with zero attached hydrogens (tertiary/aromatic N) is 1. The first kappa shape index (κ1) is 16.8. The van der Waals surface area contributed by atoms with Crippen LogP contribution in [-0.2, 0) is 9.47 Å². The van der Waals surface area contributed by atoms with E-state index in [2.05, 4.69) is 21.8 Å². The fraction of sp³-hybridized carbons (Fsp3) is 0.400. The number of ether oxygens (including phenoxy) is 3. The average molecular weight is 352 g/mol. The van der Waals surface area contributed by atoms with Crippen molar-refractivity contribution in [2.45, 2.75) is 18.9 Å². The number of benzene rings is 1. The van der Waals surface area contributed by atoms with Crippen molar-refractivity contribution < 1.29 is 14.2 Å². The van der Waals surface area contributed by atoms with Crippen LogP contribution in [0.1, 0.15) is 18.4 Å². The summed E-state index contributed by atoms with van der Waals surface area (Å²) in [5, 5.41) is 0. The molecule has 1 aliphatic carbocycles. The van der Waals surface area contributed by atoms with Gasteiger partial charge in [0.15, 0.2) is 0 Å². The van der Waals surface area contributed by atoms with E-state index in [-0.39, 0.29) is 17.5 Å². The van der Waals surface area contributed by atoms with Crippen molar-refractivity contribution >= 4 is 0 Å². The minimum absolute atomic E-state index is 0.141.